The van der Waals surface area contributed by atoms with Crippen LogP contribution >= 0.6 is 69.6 Å². The van der Waals surface area contributed by atoms with E-state index in [-0.39, 0.29) is 81.5 Å². The van der Waals surface area contributed by atoms with Crippen LogP contribution < -0.4 is 52.5 Å². The van der Waals surface area contributed by atoms with Crippen molar-refractivity contribution in [1.29, 1.82) is 0 Å². The van der Waals surface area contributed by atoms with E-state index in [0.717, 1.165) is 102 Å². The van der Waals surface area contributed by atoms with E-state index in [2.05, 4.69) is 51.8 Å². The fourth-order valence-electron chi connectivity index (χ4n) is 14.1. The van der Waals surface area contributed by atoms with Gasteiger partial charge in [0, 0.05) is 80.5 Å². The molecule has 8 heterocycles. The second-order valence-electron chi connectivity index (χ2n) is 27.6. The fraction of sp³-hybridized carbons (Fsp3) is 0.209. The normalized spacial score (nSPS) is 13.0. The van der Waals surface area contributed by atoms with Crippen LogP contribution in [0.2, 0.25) is 30.7 Å². The Morgan fingerprint density at radius 3 is 1.18 bits per heavy atom. The lowest BCUT2D eigenvalue weighted by Crippen LogP contribution is -2.28. The number of pyridine rings is 8. The highest BCUT2D eigenvalue weighted by Gasteiger charge is 2.26. The van der Waals surface area contributed by atoms with E-state index in [1.54, 1.807) is 114 Å². The molecule has 0 amide bonds. The van der Waals surface area contributed by atoms with Crippen molar-refractivity contribution in [2.24, 2.45) is 0 Å². The van der Waals surface area contributed by atoms with Gasteiger partial charge in [0.05, 0.1) is 41.5 Å². The molecule has 0 atom stereocenters. The molecule has 0 aliphatic heterocycles. The molecule has 14 aromatic rings. The summed E-state index contributed by atoms with van der Waals surface area (Å²) in [7, 11) is 3.16. The molecule has 2 fully saturated rings. The molecule has 2 aliphatic carbocycles. The van der Waals surface area contributed by atoms with Gasteiger partial charge in [-0.2, -0.15) is 0 Å². The predicted molar refractivity (Wildman–Crippen MR) is 460 cm³/mol. The van der Waals surface area contributed by atoms with Gasteiger partial charge in [0.2, 0.25) is 0 Å². The van der Waals surface area contributed by atoms with Gasteiger partial charge < -0.3 is 35.3 Å². The first-order valence-corrected chi connectivity index (χ1v) is 38.8. The van der Waals surface area contributed by atoms with Gasteiger partial charge in [-0.15, -0.1) is 0 Å². The zero-order valence-electron chi connectivity index (χ0n) is 62.4. The first-order valence-electron chi connectivity index (χ1n) is 36.5. The minimum absolute atomic E-state index is 0. The number of methoxy groups -OCH3 is 2. The highest BCUT2D eigenvalue weighted by Crippen LogP contribution is 2.37. The van der Waals surface area contributed by atoms with Gasteiger partial charge in [-0.05, 0) is 198 Å². The van der Waals surface area contributed by atoms with E-state index in [9.17, 15) is 36.7 Å². The number of fused-ring (bicyclic) bond motifs is 4. The van der Waals surface area contributed by atoms with E-state index in [4.69, 9.17) is 79.1 Å². The largest absolute Gasteiger partial charge is 0.497 e. The van der Waals surface area contributed by atoms with Crippen LogP contribution in [0.15, 0.2) is 201 Å². The molecule has 2 saturated carbocycles. The van der Waals surface area contributed by atoms with Crippen molar-refractivity contribution in [3.8, 4) is 28.6 Å². The number of nitrogens with one attached hydrogen (secondary N) is 4. The minimum atomic E-state index is -0.757. The number of benzene rings is 6. The lowest BCUT2D eigenvalue weighted by atomic mass is 9.94. The molecule has 28 heteroatoms. The number of aryl methyl sites for hydroxylation is 4. The zero-order chi connectivity index (χ0) is 80.8. The third kappa shape index (κ3) is 18.3. The van der Waals surface area contributed by atoms with E-state index in [1.165, 1.54) is 49.9 Å². The number of nitrogens with zero attached hydrogens (tertiary/aromatic N) is 8. The predicted octanol–water partition coefficient (Wildman–Crippen LogP) is 23.7. The maximum absolute atomic E-state index is 14.1. The van der Waals surface area contributed by atoms with Gasteiger partial charge in [-0.3, -0.25) is 32.9 Å². The molecule has 8 aromatic heterocycles. The molecule has 6 aromatic carbocycles. The first-order chi connectivity index (χ1) is 54.8. The van der Waals surface area contributed by atoms with Crippen molar-refractivity contribution in [2.75, 3.05) is 35.5 Å². The number of halogens is 10. The van der Waals surface area contributed by atoms with Gasteiger partial charge in [-0.1, -0.05) is 144 Å². The number of hydrogen-bond acceptors (Lipinski definition) is 14. The summed E-state index contributed by atoms with van der Waals surface area (Å²) >= 11 is 35.7. The molecule has 0 spiro atoms. The van der Waals surface area contributed by atoms with E-state index in [0.29, 0.717) is 78.8 Å². The van der Waals surface area contributed by atoms with Crippen molar-refractivity contribution in [3.05, 3.63) is 299 Å². The molecular formula is C86H82Cl6F4N12O6. The molecule has 4 N–H and O–H groups in total. The Balaban J connectivity index is 0.000000178. The van der Waals surface area contributed by atoms with E-state index in [1.807, 2.05) is 74.7 Å². The standard InChI is InChI=1S/C24H21ClFN3O.C22H17ClFN3O3.C20H11Cl3FN3O.C20H25ClFN3O.4H2/c1-13-5-7-19(15(3)9-13)27-22-12-21(30)17-11-18(26)23(25)28-24(17)29(22)20-8-6-14(2)10-16(20)4;1-29-15-7-3-13(4-8-15)25-20-12-19(28)17-11-18(24)21(23)26-22(17)27(20)14-5-9-16(30-2)10-6-14;21-11-1-5-13(6-2-11)25-18-10-17(28)15-9-16(24)19(23)26-20(15)27(18)14-7-3-12(22)4-8-14;21-19-16(22)11-15-17(26)12-18(23-13-7-3-1-4-8-13)25(20(15)24-19)14-9-5-2-6-10-14;;;;/h5-12,27H,1-4H3;3-12,25H,1-2H3;1-10,25H;11-14,23H,1-10H2;4*1H. The SMILES string of the molecule is COc1ccc(Nc2cc(=O)c3cc(F)c(Cl)nc3n2-c2ccc(OC)cc2)cc1.Cc1ccc(Nc2cc(=O)c3cc(F)c(Cl)nc3n2-c2ccc(C)cc2C)c(C)c1.O=c1cc(NC2CCCCC2)n(C2CCCCC2)c2nc(Cl)c(F)cc12.O=c1cc(Nc2ccc(Cl)cc2)n(-c2ccc(Cl)cc2)c2nc(Cl)c(F)cc12.[HH].[HH].[HH].[HH]. The summed E-state index contributed by atoms with van der Waals surface area (Å²) in [6, 6.07) is 51.4. The molecule has 16 rings (SSSR count). The van der Waals surface area contributed by atoms with Crippen molar-refractivity contribution in [3.63, 3.8) is 0 Å². The Bertz CT molecular complexity index is 6250. The highest BCUT2D eigenvalue weighted by molar-refractivity contribution is 6.32. The summed E-state index contributed by atoms with van der Waals surface area (Å²) in [6.45, 7) is 8.03. The third-order valence-corrected chi connectivity index (χ3v) is 21.2. The van der Waals surface area contributed by atoms with Crippen molar-refractivity contribution in [1.82, 2.24) is 38.2 Å². The summed E-state index contributed by atoms with van der Waals surface area (Å²) in [4.78, 5) is 67.5. The molecule has 0 unspecified atom stereocenters. The Hall–Kier alpha value is -11.0. The molecule has 2 aliphatic rings. The van der Waals surface area contributed by atoms with Crippen LogP contribution in [-0.4, -0.2) is 58.5 Å². The number of anilines is 7. The Morgan fingerprint density at radius 1 is 0.386 bits per heavy atom. The second kappa shape index (κ2) is 35.6. The summed E-state index contributed by atoms with van der Waals surface area (Å²) in [5.74, 6) is 0.725. The second-order valence-corrected chi connectivity index (χ2v) is 29.9. The van der Waals surface area contributed by atoms with Crippen LogP contribution in [0.1, 0.15) is 98.2 Å². The number of aromatic nitrogens is 8. The zero-order valence-corrected chi connectivity index (χ0v) is 66.9. The van der Waals surface area contributed by atoms with Crippen LogP contribution in [0.25, 0.3) is 61.2 Å². The summed E-state index contributed by atoms with van der Waals surface area (Å²) < 4.78 is 73.6. The molecule has 592 valence electrons. The topological polar surface area (TPSA) is 206 Å². The highest BCUT2D eigenvalue weighted by atomic mass is 35.5. The first kappa shape index (κ1) is 81.0. The number of ether oxygens (including phenoxy) is 2. The minimum Gasteiger partial charge on any atom is -0.497 e. The van der Waals surface area contributed by atoms with Crippen LogP contribution in [0, 0.1) is 51.0 Å². The monoisotopic (exact) mass is 1660 g/mol. The molecule has 114 heavy (non-hydrogen) atoms. The maximum Gasteiger partial charge on any atom is 0.193 e. The average molecular weight is 1670 g/mol. The van der Waals surface area contributed by atoms with Gasteiger partial charge >= 0.3 is 0 Å². The van der Waals surface area contributed by atoms with Crippen LogP contribution in [-0.2, 0) is 0 Å². The fourth-order valence-corrected chi connectivity index (χ4v) is 14.9. The van der Waals surface area contributed by atoms with Gasteiger partial charge in [0.15, 0.2) is 82.5 Å². The quantitative estimate of drug-likeness (QED) is 0.0591. The Morgan fingerprint density at radius 2 is 0.746 bits per heavy atom. The average Bonchev–Trinajstić information content (AvgIpc) is 0.759. The number of rotatable bonds is 14. The molecule has 0 bridgehead atoms. The van der Waals surface area contributed by atoms with Crippen molar-refractivity contribution >= 4 is 154 Å². The summed E-state index contributed by atoms with van der Waals surface area (Å²) in [6.07, 6.45) is 11.6. The lowest BCUT2D eigenvalue weighted by molar-refractivity contribution is 0.358. The van der Waals surface area contributed by atoms with Gasteiger partial charge in [0.1, 0.15) is 40.4 Å². The number of hydrogen-bond donors (Lipinski definition) is 4. The van der Waals surface area contributed by atoms with Crippen LogP contribution in [0.5, 0.6) is 11.5 Å². The van der Waals surface area contributed by atoms with Crippen LogP contribution in [0.4, 0.5) is 57.9 Å². The molecule has 0 radical (unpaired) electrons. The summed E-state index contributed by atoms with van der Waals surface area (Å²) in [5.41, 5.74) is 8.73. The maximum atomic E-state index is 14.1. The third-order valence-electron chi connectivity index (χ3n) is 19.7. The van der Waals surface area contributed by atoms with E-state index < -0.39 is 23.3 Å². The lowest BCUT2D eigenvalue weighted by Gasteiger charge is -2.31. The Kier molecular flexibility index (Phi) is 25.3. The summed E-state index contributed by atoms with van der Waals surface area (Å²) in [5, 5.41) is 14.1. The smallest absolute Gasteiger partial charge is 0.193 e. The van der Waals surface area contributed by atoms with Crippen LogP contribution in [0.3, 0.4) is 0 Å². The van der Waals surface area contributed by atoms with Crippen molar-refractivity contribution < 1.29 is 32.7 Å². The molecule has 0 saturated heterocycles. The van der Waals surface area contributed by atoms with Gasteiger partial charge in [-0.25, -0.2) is 37.5 Å². The van der Waals surface area contributed by atoms with E-state index >= 15 is 0 Å². The molecule has 18 nitrogen and oxygen atoms in total. The Labute approximate surface area is 687 Å². The molecular weight excluding hydrogens is 1590 g/mol. The van der Waals surface area contributed by atoms with Crippen molar-refractivity contribution in [2.45, 2.75) is 104 Å². The van der Waals surface area contributed by atoms with Gasteiger partial charge in [0.25, 0.3) is 0 Å².